The number of amides is 2. The lowest BCUT2D eigenvalue weighted by Crippen LogP contribution is -2.77. The summed E-state index contributed by atoms with van der Waals surface area (Å²) in [6.45, 7) is 11.1. The molecule has 5 aliphatic heterocycles. The summed E-state index contributed by atoms with van der Waals surface area (Å²) in [4.78, 5) is 27.0. The van der Waals surface area contributed by atoms with Crippen LogP contribution in [0.3, 0.4) is 0 Å². The van der Waals surface area contributed by atoms with Gasteiger partial charge < -0.3 is 15.1 Å². The average molecular weight is 450 g/mol. The average Bonchev–Trinajstić information content (AvgIpc) is 3.15. The number of piperazine rings is 1. The summed E-state index contributed by atoms with van der Waals surface area (Å²) in [6, 6.07) is 8.17. The molecule has 0 saturated carbocycles. The maximum atomic E-state index is 13.8. The van der Waals surface area contributed by atoms with Gasteiger partial charge in [-0.3, -0.25) is 14.5 Å². The molecule has 5 heterocycles. The fourth-order valence-corrected chi connectivity index (χ4v) is 8.87. The first-order valence-corrected chi connectivity index (χ1v) is 15.1. The van der Waals surface area contributed by atoms with Crippen molar-refractivity contribution in [3.8, 4) is 0 Å². The summed E-state index contributed by atoms with van der Waals surface area (Å²) >= 11 is 0. The molecule has 4 atom stereocenters. The van der Waals surface area contributed by atoms with E-state index in [-0.39, 0.29) is 35.5 Å². The van der Waals surface area contributed by atoms with E-state index in [0.29, 0.717) is 6.42 Å². The molecule has 1 aromatic carbocycles. The van der Waals surface area contributed by atoms with Gasteiger partial charge in [-0.1, -0.05) is 60.6 Å². The summed E-state index contributed by atoms with van der Waals surface area (Å²) in [6.07, 6.45) is 0.461. The molecule has 4 fully saturated rings. The van der Waals surface area contributed by atoms with E-state index in [9.17, 15) is 9.59 Å². The maximum absolute atomic E-state index is 13.8. The quantitative estimate of drug-likeness (QED) is 0.542. The van der Waals surface area contributed by atoms with E-state index in [4.69, 9.17) is 4.43 Å². The van der Waals surface area contributed by atoms with Crippen LogP contribution in [0.5, 0.6) is 0 Å². The Morgan fingerprint density at radius 1 is 1.24 bits per heavy atom. The topological polar surface area (TPSA) is 70.7 Å². The lowest BCUT2D eigenvalue weighted by atomic mass is 9.95. The number of benzene rings is 1. The number of nitrogens with one attached hydrogen (secondary N) is 2. The second-order valence-corrected chi connectivity index (χ2v) is 17.5. The standard InChI is InChI=1S/C20H27N3O3S2Si/c1-18(2,3)29(4,5)26-11-19-17(25)23-15-13(12-8-6-7-9-14(12)21-15)10-20(23,28-27-19)16(24)22-19/h6-9,13,15,21H,10-11H2,1-5H3,(H,22,24)/t13-,15-,19+,20+/m0/s1. The molecule has 0 aromatic heterocycles. The summed E-state index contributed by atoms with van der Waals surface area (Å²) in [5, 5.41) is 6.61. The molecule has 1 aromatic rings. The predicted octanol–water partition coefficient (Wildman–Crippen LogP) is 3.69. The molecule has 4 saturated heterocycles. The van der Waals surface area contributed by atoms with Crippen molar-refractivity contribution in [2.24, 2.45) is 0 Å². The Morgan fingerprint density at radius 3 is 2.66 bits per heavy atom. The van der Waals surface area contributed by atoms with E-state index >= 15 is 0 Å². The monoisotopic (exact) mass is 449 g/mol. The zero-order chi connectivity index (χ0) is 20.8. The van der Waals surface area contributed by atoms with Crippen LogP contribution in [-0.4, -0.2) is 47.5 Å². The maximum Gasteiger partial charge on any atom is 0.265 e. The Balaban J connectivity index is 1.47. The molecule has 156 valence electrons. The molecule has 2 bridgehead atoms. The third-order valence-electron chi connectivity index (χ3n) is 7.21. The van der Waals surface area contributed by atoms with Gasteiger partial charge in [-0.15, -0.1) is 0 Å². The number of fused-ring (bicyclic) bond motifs is 5. The van der Waals surface area contributed by atoms with E-state index in [1.165, 1.54) is 27.2 Å². The van der Waals surface area contributed by atoms with Gasteiger partial charge in [0.2, 0.25) is 0 Å². The number of carbonyl (C=O) groups is 2. The molecule has 0 radical (unpaired) electrons. The van der Waals surface area contributed by atoms with Gasteiger partial charge in [0.15, 0.2) is 18.1 Å². The minimum absolute atomic E-state index is 0.0348. The molecule has 5 aliphatic rings. The minimum Gasteiger partial charge on any atom is -0.413 e. The second-order valence-electron chi connectivity index (χ2n) is 9.94. The fourth-order valence-electron chi connectivity index (χ4n) is 4.42. The highest BCUT2D eigenvalue weighted by Crippen LogP contribution is 2.64. The van der Waals surface area contributed by atoms with Crippen LogP contribution in [0.25, 0.3) is 0 Å². The highest BCUT2D eigenvalue weighted by atomic mass is 33.1. The van der Waals surface area contributed by atoms with Crippen molar-refractivity contribution in [3.05, 3.63) is 29.8 Å². The molecule has 29 heavy (non-hydrogen) atoms. The van der Waals surface area contributed by atoms with E-state index < -0.39 is 18.1 Å². The van der Waals surface area contributed by atoms with Crippen molar-refractivity contribution < 1.29 is 14.0 Å². The third-order valence-corrected chi connectivity index (χ3v) is 15.2. The van der Waals surface area contributed by atoms with Gasteiger partial charge in [-0.25, -0.2) is 0 Å². The van der Waals surface area contributed by atoms with Crippen LogP contribution in [0.2, 0.25) is 18.1 Å². The molecular formula is C20H27N3O3S2Si. The molecule has 6 rings (SSSR count). The summed E-state index contributed by atoms with van der Waals surface area (Å²) in [5.74, 6) is 0.0323. The molecular weight excluding hydrogens is 422 g/mol. The van der Waals surface area contributed by atoms with Crippen LogP contribution >= 0.6 is 21.6 Å². The van der Waals surface area contributed by atoms with Gasteiger partial charge in [-0.2, -0.15) is 0 Å². The van der Waals surface area contributed by atoms with Crippen LogP contribution < -0.4 is 10.6 Å². The first-order chi connectivity index (χ1) is 13.5. The van der Waals surface area contributed by atoms with Crippen molar-refractivity contribution in [1.82, 2.24) is 10.2 Å². The van der Waals surface area contributed by atoms with Crippen LogP contribution in [0.4, 0.5) is 5.69 Å². The van der Waals surface area contributed by atoms with Crippen molar-refractivity contribution in [3.63, 3.8) is 0 Å². The zero-order valence-corrected chi connectivity index (χ0v) is 20.0. The van der Waals surface area contributed by atoms with Crippen molar-refractivity contribution in [1.29, 1.82) is 0 Å². The molecule has 6 nitrogen and oxygen atoms in total. The number of hydrogen-bond acceptors (Lipinski definition) is 6. The Kier molecular flexibility index (Phi) is 4.06. The number of rotatable bonds is 3. The highest BCUT2D eigenvalue weighted by molar-refractivity contribution is 8.78. The van der Waals surface area contributed by atoms with Gasteiger partial charge in [-0.05, 0) is 29.8 Å². The minimum atomic E-state index is -2.06. The molecule has 1 spiro atoms. The fraction of sp³-hybridized carbons (Fsp3) is 0.600. The lowest BCUT2D eigenvalue weighted by molar-refractivity contribution is -0.153. The molecule has 0 unspecified atom stereocenters. The van der Waals surface area contributed by atoms with Gasteiger partial charge >= 0.3 is 0 Å². The van der Waals surface area contributed by atoms with Crippen molar-refractivity contribution in [2.45, 2.75) is 67.1 Å². The number of hydrogen-bond donors (Lipinski definition) is 2. The zero-order valence-electron chi connectivity index (χ0n) is 17.4. The largest absolute Gasteiger partial charge is 0.413 e. The highest BCUT2D eigenvalue weighted by Gasteiger charge is 2.72. The van der Waals surface area contributed by atoms with Gasteiger partial charge in [0.1, 0.15) is 6.17 Å². The Morgan fingerprint density at radius 2 is 1.97 bits per heavy atom. The molecule has 9 heteroatoms. The van der Waals surface area contributed by atoms with Gasteiger partial charge in [0.05, 0.1) is 6.61 Å². The molecule has 2 N–H and O–H groups in total. The van der Waals surface area contributed by atoms with Crippen molar-refractivity contribution >= 4 is 47.4 Å². The van der Waals surface area contributed by atoms with Crippen LogP contribution in [0, 0.1) is 0 Å². The summed E-state index contributed by atoms with van der Waals surface area (Å²) in [5.41, 5.74) is 2.26. The summed E-state index contributed by atoms with van der Waals surface area (Å²) in [7, 11) is 0.950. The molecule has 2 amide bonds. The third kappa shape index (κ3) is 2.53. The molecule has 0 aliphatic carbocycles. The van der Waals surface area contributed by atoms with Crippen LogP contribution in [0.1, 0.15) is 38.7 Å². The Hall–Kier alpha value is -1.16. The first kappa shape index (κ1) is 19.8. The van der Waals surface area contributed by atoms with E-state index in [0.717, 1.165) is 5.69 Å². The van der Waals surface area contributed by atoms with Gasteiger partial charge in [0, 0.05) is 18.0 Å². The van der Waals surface area contributed by atoms with Crippen LogP contribution in [-0.2, 0) is 14.0 Å². The number of nitrogens with zero attached hydrogens (tertiary/aromatic N) is 1. The summed E-state index contributed by atoms with van der Waals surface area (Å²) < 4.78 is 6.41. The lowest BCUT2D eigenvalue weighted by Gasteiger charge is -2.55. The van der Waals surface area contributed by atoms with E-state index in [2.05, 4.69) is 50.6 Å². The Labute approximate surface area is 180 Å². The smallest absolute Gasteiger partial charge is 0.265 e. The predicted molar refractivity (Wildman–Crippen MR) is 120 cm³/mol. The first-order valence-electron chi connectivity index (χ1n) is 10.0. The normalized spacial score (nSPS) is 35.1. The van der Waals surface area contributed by atoms with E-state index in [1.54, 1.807) is 0 Å². The van der Waals surface area contributed by atoms with E-state index in [1.807, 2.05) is 23.1 Å². The van der Waals surface area contributed by atoms with Crippen LogP contribution in [0.15, 0.2) is 24.3 Å². The van der Waals surface area contributed by atoms with Gasteiger partial charge in [0.25, 0.3) is 11.8 Å². The second kappa shape index (κ2) is 5.96. The SMILES string of the molecule is CC(C)(C)[Si](C)(C)OC[C@]12NC(=O)[C@@]3(C[C@H]4c5ccccc5N[C@H]4N3C1=O)SS2. The Bertz CT molecular complexity index is 920. The number of anilines is 1. The number of carbonyl (C=O) groups excluding carboxylic acids is 2. The van der Waals surface area contributed by atoms with Crippen molar-refractivity contribution in [2.75, 3.05) is 11.9 Å². The number of para-hydroxylation sites is 1.